The first-order valence-corrected chi connectivity index (χ1v) is 9.87. The number of hydrogen-bond donors (Lipinski definition) is 1. The fraction of sp³-hybridized carbons (Fsp3) is 0.190. The molecule has 2 aromatic carbocycles. The molecule has 4 nitrogen and oxygen atoms in total. The number of anilines is 1. The second-order valence-corrected chi connectivity index (χ2v) is 7.28. The highest BCUT2D eigenvalue weighted by Crippen LogP contribution is 2.32. The van der Waals surface area contributed by atoms with Crippen LogP contribution in [0.2, 0.25) is 0 Å². The Kier molecular flexibility index (Phi) is 4.47. The molecular weight excluding hydrogens is 342 g/mol. The fourth-order valence-corrected chi connectivity index (χ4v) is 3.92. The van der Waals surface area contributed by atoms with Gasteiger partial charge in [0, 0.05) is 22.5 Å². The molecule has 132 valence electrons. The number of carbonyl (C=O) groups is 1. The zero-order valence-electron chi connectivity index (χ0n) is 14.8. The van der Waals surface area contributed by atoms with Crippen molar-refractivity contribution < 1.29 is 4.79 Å². The van der Waals surface area contributed by atoms with E-state index in [9.17, 15) is 4.79 Å². The third-order valence-electron chi connectivity index (χ3n) is 4.85. The van der Waals surface area contributed by atoms with Crippen LogP contribution in [0.5, 0.6) is 0 Å². The maximum absolute atomic E-state index is 13.1. The van der Waals surface area contributed by atoms with Gasteiger partial charge in [0.25, 0.3) is 0 Å². The van der Waals surface area contributed by atoms with E-state index < -0.39 is 0 Å². The molecule has 0 fully saturated rings. The molecule has 2 amide bonds. The molecule has 1 aromatic heterocycles. The monoisotopic (exact) mass is 363 g/mol. The van der Waals surface area contributed by atoms with Gasteiger partial charge in [-0.3, -0.25) is 0 Å². The summed E-state index contributed by atoms with van der Waals surface area (Å²) in [5.74, 6) is 0. The van der Waals surface area contributed by atoms with Crippen LogP contribution >= 0.6 is 11.8 Å². The minimum absolute atomic E-state index is 0.0267. The van der Waals surface area contributed by atoms with Crippen LogP contribution in [-0.4, -0.2) is 21.8 Å². The number of urea groups is 1. The lowest BCUT2D eigenvalue weighted by Gasteiger charge is -2.27. The lowest BCUT2D eigenvalue weighted by molar-refractivity contribution is 0.189. The third kappa shape index (κ3) is 2.99. The Bertz CT molecular complexity index is 950. The van der Waals surface area contributed by atoms with E-state index in [1.54, 1.807) is 11.8 Å². The van der Waals surface area contributed by atoms with Crippen LogP contribution in [0.15, 0.2) is 71.8 Å². The Labute approximate surface area is 157 Å². The molecule has 3 aromatic rings. The van der Waals surface area contributed by atoms with Gasteiger partial charge in [-0.15, -0.1) is 11.8 Å². The van der Waals surface area contributed by atoms with Crippen molar-refractivity contribution in [1.29, 1.82) is 0 Å². The van der Waals surface area contributed by atoms with Gasteiger partial charge >= 0.3 is 6.03 Å². The first kappa shape index (κ1) is 16.8. The minimum atomic E-state index is -0.0831. The summed E-state index contributed by atoms with van der Waals surface area (Å²) in [5.41, 5.74) is 4.21. The van der Waals surface area contributed by atoms with Crippen LogP contribution in [0.3, 0.4) is 0 Å². The summed E-state index contributed by atoms with van der Waals surface area (Å²) >= 11 is 1.66. The quantitative estimate of drug-likeness (QED) is 0.627. The molecule has 4 rings (SSSR count). The number of amides is 2. The summed E-state index contributed by atoms with van der Waals surface area (Å²) in [6.07, 6.45) is 4.09. The molecule has 0 saturated carbocycles. The maximum atomic E-state index is 13.1. The Morgan fingerprint density at radius 3 is 2.81 bits per heavy atom. The summed E-state index contributed by atoms with van der Waals surface area (Å²) < 4.78 is 2.18. The first-order chi connectivity index (χ1) is 12.7. The molecule has 1 aliphatic heterocycles. The van der Waals surface area contributed by atoms with Crippen molar-refractivity contribution in [3.63, 3.8) is 0 Å². The zero-order valence-corrected chi connectivity index (χ0v) is 15.7. The Hall–Kier alpha value is -2.66. The van der Waals surface area contributed by atoms with Crippen molar-refractivity contribution in [2.24, 2.45) is 0 Å². The molecule has 1 atom stereocenters. The van der Waals surface area contributed by atoms with Crippen LogP contribution in [0, 0.1) is 0 Å². The van der Waals surface area contributed by atoms with E-state index in [2.05, 4.69) is 41.2 Å². The van der Waals surface area contributed by atoms with Crippen molar-refractivity contribution in [2.45, 2.75) is 24.4 Å². The van der Waals surface area contributed by atoms with Gasteiger partial charge in [-0.1, -0.05) is 24.3 Å². The van der Waals surface area contributed by atoms with E-state index in [1.807, 2.05) is 53.6 Å². The van der Waals surface area contributed by atoms with Crippen molar-refractivity contribution in [1.82, 2.24) is 9.47 Å². The Balaban J connectivity index is 1.67. The number of fused-ring (bicyclic) bond motifs is 3. The average molecular weight is 363 g/mol. The average Bonchev–Trinajstić information content (AvgIpc) is 3.11. The second kappa shape index (κ2) is 6.92. The lowest BCUT2D eigenvalue weighted by atomic mass is 10.1. The molecule has 1 aliphatic rings. The van der Waals surface area contributed by atoms with Crippen LogP contribution in [-0.2, 0) is 6.54 Å². The minimum Gasteiger partial charge on any atom is -0.318 e. The van der Waals surface area contributed by atoms with E-state index in [0.717, 1.165) is 27.5 Å². The number of benzene rings is 2. The molecule has 5 heteroatoms. The number of nitrogens with zero attached hydrogens (tertiary/aromatic N) is 2. The predicted octanol–water partition coefficient (Wildman–Crippen LogP) is 5.31. The number of hydrogen-bond acceptors (Lipinski definition) is 2. The molecule has 26 heavy (non-hydrogen) atoms. The van der Waals surface area contributed by atoms with Gasteiger partial charge in [-0.25, -0.2) is 4.79 Å². The Morgan fingerprint density at radius 1 is 1.12 bits per heavy atom. The second-order valence-electron chi connectivity index (χ2n) is 6.40. The lowest BCUT2D eigenvalue weighted by Crippen LogP contribution is -2.36. The SMILES string of the molecule is CSc1cccc(NC(=O)N2Cc3ccccc3-n3cccc3[C@H]2C)c1. The molecule has 0 saturated heterocycles. The number of rotatable bonds is 2. The third-order valence-corrected chi connectivity index (χ3v) is 5.57. The highest BCUT2D eigenvalue weighted by atomic mass is 32.2. The molecule has 0 unspecified atom stereocenters. The van der Waals surface area contributed by atoms with Gasteiger partial charge in [-0.05, 0) is 55.1 Å². The van der Waals surface area contributed by atoms with Crippen molar-refractivity contribution in [2.75, 3.05) is 11.6 Å². The maximum Gasteiger partial charge on any atom is 0.322 e. The van der Waals surface area contributed by atoms with E-state index in [1.165, 1.54) is 0 Å². The largest absolute Gasteiger partial charge is 0.322 e. The molecular formula is C21H21N3OS. The zero-order chi connectivity index (χ0) is 18.1. The summed E-state index contributed by atoms with van der Waals surface area (Å²) in [6, 6.07) is 20.2. The standard InChI is InChI=1S/C21H21N3OS/c1-15-19-11-6-12-23(19)20-10-4-3-7-16(20)14-24(15)21(25)22-17-8-5-9-18(13-17)26-2/h3-13,15H,14H2,1-2H3,(H,22,25)/t15-/m1/s1. The first-order valence-electron chi connectivity index (χ1n) is 8.64. The summed E-state index contributed by atoms with van der Waals surface area (Å²) in [6.45, 7) is 2.66. The smallest absolute Gasteiger partial charge is 0.318 e. The molecule has 0 aliphatic carbocycles. The van der Waals surface area contributed by atoms with Gasteiger partial charge < -0.3 is 14.8 Å². The van der Waals surface area contributed by atoms with Crippen molar-refractivity contribution >= 4 is 23.5 Å². The fourth-order valence-electron chi connectivity index (χ4n) is 3.46. The number of nitrogens with one attached hydrogen (secondary N) is 1. The van der Waals surface area contributed by atoms with E-state index >= 15 is 0 Å². The molecule has 2 heterocycles. The molecule has 0 bridgehead atoms. The van der Waals surface area contributed by atoms with Gasteiger partial charge in [0.2, 0.25) is 0 Å². The summed E-state index contributed by atoms with van der Waals surface area (Å²) in [4.78, 5) is 16.1. The molecule has 0 spiro atoms. The van der Waals surface area contributed by atoms with Gasteiger partial charge in [0.15, 0.2) is 0 Å². The van der Waals surface area contributed by atoms with E-state index in [0.29, 0.717) is 6.54 Å². The summed E-state index contributed by atoms with van der Waals surface area (Å²) in [5, 5.41) is 3.06. The van der Waals surface area contributed by atoms with Crippen LogP contribution in [0.25, 0.3) is 5.69 Å². The topological polar surface area (TPSA) is 37.3 Å². The number of thioether (sulfide) groups is 1. The van der Waals surface area contributed by atoms with Gasteiger partial charge in [-0.2, -0.15) is 0 Å². The van der Waals surface area contributed by atoms with Gasteiger partial charge in [0.1, 0.15) is 0 Å². The normalized spacial score (nSPS) is 15.8. The summed E-state index contributed by atoms with van der Waals surface area (Å²) in [7, 11) is 0. The highest BCUT2D eigenvalue weighted by Gasteiger charge is 2.28. The predicted molar refractivity (Wildman–Crippen MR) is 107 cm³/mol. The molecule has 0 radical (unpaired) electrons. The van der Waals surface area contributed by atoms with Gasteiger partial charge in [0.05, 0.1) is 18.3 Å². The van der Waals surface area contributed by atoms with E-state index in [4.69, 9.17) is 0 Å². The van der Waals surface area contributed by atoms with Crippen LogP contribution in [0.4, 0.5) is 10.5 Å². The van der Waals surface area contributed by atoms with Crippen LogP contribution in [0.1, 0.15) is 24.2 Å². The Morgan fingerprint density at radius 2 is 1.96 bits per heavy atom. The number of carbonyl (C=O) groups excluding carboxylic acids is 1. The van der Waals surface area contributed by atoms with Crippen LogP contribution < -0.4 is 5.32 Å². The number of para-hydroxylation sites is 1. The molecule has 1 N–H and O–H groups in total. The van der Waals surface area contributed by atoms with Crippen molar-refractivity contribution in [3.8, 4) is 5.69 Å². The van der Waals surface area contributed by atoms with Crippen molar-refractivity contribution in [3.05, 3.63) is 78.1 Å². The number of aromatic nitrogens is 1. The highest BCUT2D eigenvalue weighted by molar-refractivity contribution is 7.98. The van der Waals surface area contributed by atoms with E-state index in [-0.39, 0.29) is 12.1 Å².